The number of nitrogens with one attached hydrogen (secondary N) is 1. The van der Waals surface area contributed by atoms with Crippen molar-refractivity contribution in [1.29, 1.82) is 0 Å². The predicted molar refractivity (Wildman–Crippen MR) is 105 cm³/mol. The van der Waals surface area contributed by atoms with E-state index in [1.165, 1.54) is 12.7 Å². The highest BCUT2D eigenvalue weighted by Gasteiger charge is 2.44. The second kappa shape index (κ2) is 6.48. The van der Waals surface area contributed by atoms with Crippen molar-refractivity contribution in [3.63, 3.8) is 0 Å². The van der Waals surface area contributed by atoms with E-state index in [9.17, 15) is 10.2 Å². The molecule has 10 nitrogen and oxygen atoms in total. The molecule has 0 radical (unpaired) electrons. The fraction of sp³-hybridized carbons (Fsp3) is 0.368. The second-order valence-corrected chi connectivity index (χ2v) is 7.42. The molecule has 0 unspecified atom stereocenters. The SMILES string of the molecule is Cc1c(C[C@H]2O[C@@H](n3cnc4c(N)ncnc43)[C@H](O)[C@@H]2O)cc2[nH]cnc2c1C. The highest BCUT2D eigenvalue weighted by atomic mass is 16.6. The number of aromatic amines is 1. The summed E-state index contributed by atoms with van der Waals surface area (Å²) in [6.45, 7) is 4.05. The van der Waals surface area contributed by atoms with Crippen LogP contribution in [0.5, 0.6) is 0 Å². The van der Waals surface area contributed by atoms with Crippen molar-refractivity contribution in [2.24, 2.45) is 0 Å². The minimum atomic E-state index is -1.13. The molecule has 0 spiro atoms. The van der Waals surface area contributed by atoms with E-state index in [1.807, 2.05) is 19.9 Å². The molecule has 4 aromatic rings. The van der Waals surface area contributed by atoms with E-state index in [2.05, 4.69) is 24.9 Å². The minimum absolute atomic E-state index is 0.247. The van der Waals surface area contributed by atoms with Gasteiger partial charge in [0.05, 0.1) is 29.8 Å². The van der Waals surface area contributed by atoms with Gasteiger partial charge in [0.1, 0.15) is 24.1 Å². The Hall–Kier alpha value is -3.08. The lowest BCUT2D eigenvalue weighted by Crippen LogP contribution is -2.32. The van der Waals surface area contributed by atoms with E-state index in [0.717, 1.165) is 27.7 Å². The molecule has 1 aliphatic heterocycles. The molecule has 0 aliphatic carbocycles. The van der Waals surface area contributed by atoms with Gasteiger partial charge in [-0.1, -0.05) is 0 Å². The molecule has 4 heterocycles. The van der Waals surface area contributed by atoms with Crippen molar-refractivity contribution in [2.75, 3.05) is 5.73 Å². The van der Waals surface area contributed by atoms with Gasteiger partial charge < -0.3 is 25.7 Å². The Morgan fingerprint density at radius 3 is 2.76 bits per heavy atom. The molecule has 4 atom stereocenters. The maximum absolute atomic E-state index is 10.7. The molecule has 5 N–H and O–H groups in total. The first-order valence-corrected chi connectivity index (χ1v) is 9.32. The van der Waals surface area contributed by atoms with Crippen molar-refractivity contribution >= 4 is 28.0 Å². The van der Waals surface area contributed by atoms with Crippen LogP contribution in [0.15, 0.2) is 25.0 Å². The molecule has 0 amide bonds. The molecule has 0 saturated carbocycles. The highest BCUT2D eigenvalue weighted by Crippen LogP contribution is 2.34. The summed E-state index contributed by atoms with van der Waals surface area (Å²) in [6, 6.07) is 2.01. The van der Waals surface area contributed by atoms with Gasteiger partial charge in [-0.2, -0.15) is 0 Å². The van der Waals surface area contributed by atoms with Gasteiger partial charge in [0, 0.05) is 6.42 Å². The number of nitrogens with zero attached hydrogens (tertiary/aromatic N) is 5. The van der Waals surface area contributed by atoms with Crippen molar-refractivity contribution in [2.45, 2.75) is 44.8 Å². The van der Waals surface area contributed by atoms with Crippen LogP contribution < -0.4 is 5.73 Å². The molecule has 3 aromatic heterocycles. The Labute approximate surface area is 165 Å². The predicted octanol–water partition coefficient (Wildman–Crippen LogP) is 0.764. The van der Waals surface area contributed by atoms with Crippen LogP contribution in [-0.2, 0) is 11.2 Å². The number of anilines is 1. The largest absolute Gasteiger partial charge is 0.388 e. The third-order valence-corrected chi connectivity index (χ3v) is 5.81. The molecule has 10 heteroatoms. The number of hydrogen-bond donors (Lipinski definition) is 4. The Bertz CT molecular complexity index is 1220. The van der Waals surface area contributed by atoms with Crippen LogP contribution in [0.1, 0.15) is 22.9 Å². The van der Waals surface area contributed by atoms with E-state index in [-0.39, 0.29) is 5.82 Å². The number of aryl methyl sites for hydroxylation is 1. The van der Waals surface area contributed by atoms with E-state index in [1.54, 1.807) is 10.9 Å². The first-order chi connectivity index (χ1) is 14.0. The number of ether oxygens (including phenoxy) is 1. The summed E-state index contributed by atoms with van der Waals surface area (Å²) in [5.74, 6) is 0.247. The fourth-order valence-electron chi connectivity index (χ4n) is 4.03. The number of hydrogen-bond acceptors (Lipinski definition) is 8. The summed E-state index contributed by atoms with van der Waals surface area (Å²) in [7, 11) is 0. The van der Waals surface area contributed by atoms with E-state index < -0.39 is 24.5 Å². The molecule has 1 aliphatic rings. The molecule has 1 fully saturated rings. The number of aromatic nitrogens is 6. The van der Waals surface area contributed by atoms with Crippen LogP contribution in [0.2, 0.25) is 0 Å². The quantitative estimate of drug-likeness (QED) is 0.397. The van der Waals surface area contributed by atoms with Gasteiger partial charge in [0.15, 0.2) is 17.7 Å². The van der Waals surface area contributed by atoms with Crippen LogP contribution in [0.3, 0.4) is 0 Å². The summed E-state index contributed by atoms with van der Waals surface area (Å²) < 4.78 is 7.65. The fourth-order valence-corrected chi connectivity index (χ4v) is 4.03. The normalized spacial score (nSPS) is 24.7. The zero-order chi connectivity index (χ0) is 20.3. The van der Waals surface area contributed by atoms with Crippen molar-refractivity contribution in [3.8, 4) is 0 Å². The topological polar surface area (TPSA) is 148 Å². The van der Waals surface area contributed by atoms with Crippen LogP contribution in [0, 0.1) is 13.8 Å². The minimum Gasteiger partial charge on any atom is -0.388 e. The monoisotopic (exact) mass is 395 g/mol. The number of fused-ring (bicyclic) bond motifs is 2. The van der Waals surface area contributed by atoms with Crippen LogP contribution in [0.4, 0.5) is 5.82 Å². The lowest BCUT2D eigenvalue weighted by molar-refractivity contribution is -0.0345. The molecular formula is C19H21N7O3. The van der Waals surface area contributed by atoms with Crippen molar-refractivity contribution in [3.05, 3.63) is 41.7 Å². The zero-order valence-corrected chi connectivity index (χ0v) is 15.9. The molecule has 1 aromatic carbocycles. The molecule has 150 valence electrons. The summed E-state index contributed by atoms with van der Waals surface area (Å²) >= 11 is 0. The highest BCUT2D eigenvalue weighted by molar-refractivity contribution is 5.81. The summed E-state index contributed by atoms with van der Waals surface area (Å²) in [5, 5.41) is 21.3. The number of aliphatic hydroxyl groups excluding tert-OH is 2. The average Bonchev–Trinajstić information content (AvgIpc) is 3.41. The number of H-pyrrole nitrogens is 1. The van der Waals surface area contributed by atoms with Crippen LogP contribution in [-0.4, -0.2) is 58.0 Å². The summed E-state index contributed by atoms with van der Waals surface area (Å²) in [6.07, 6.45) is 1.32. The molecule has 0 bridgehead atoms. The van der Waals surface area contributed by atoms with E-state index in [4.69, 9.17) is 10.5 Å². The average molecular weight is 395 g/mol. The lowest BCUT2D eigenvalue weighted by Gasteiger charge is -2.17. The Kier molecular flexibility index (Phi) is 4.02. The summed E-state index contributed by atoms with van der Waals surface area (Å²) in [5.41, 5.74) is 11.8. The first-order valence-electron chi connectivity index (χ1n) is 9.32. The van der Waals surface area contributed by atoms with Gasteiger partial charge >= 0.3 is 0 Å². The zero-order valence-electron chi connectivity index (χ0n) is 15.9. The molecule has 29 heavy (non-hydrogen) atoms. The van der Waals surface area contributed by atoms with Crippen LogP contribution in [0.25, 0.3) is 22.2 Å². The molecule has 1 saturated heterocycles. The second-order valence-electron chi connectivity index (χ2n) is 7.42. The van der Waals surface area contributed by atoms with Crippen LogP contribution >= 0.6 is 0 Å². The van der Waals surface area contributed by atoms with E-state index in [0.29, 0.717) is 17.6 Å². The number of rotatable bonds is 3. The number of aliphatic hydroxyl groups is 2. The Morgan fingerprint density at radius 2 is 1.93 bits per heavy atom. The molecule has 5 rings (SSSR count). The number of imidazole rings is 2. The number of nitrogens with two attached hydrogens (primary N) is 1. The first kappa shape index (κ1) is 18.0. The van der Waals surface area contributed by atoms with Gasteiger partial charge in [0.2, 0.25) is 0 Å². The van der Waals surface area contributed by atoms with E-state index >= 15 is 0 Å². The molecular weight excluding hydrogens is 374 g/mol. The number of nitrogen functional groups attached to an aromatic ring is 1. The third kappa shape index (κ3) is 2.68. The van der Waals surface area contributed by atoms with Gasteiger partial charge in [-0.25, -0.2) is 19.9 Å². The number of benzene rings is 1. The standard InChI is InChI=1S/C19H21N7O3/c1-8-9(2)13-11(21-5-22-13)3-10(8)4-12-15(27)16(28)19(29-12)26-7-25-14-17(20)23-6-24-18(14)26/h3,5-7,12,15-16,19,27-28H,4H2,1-2H3,(H,21,22)(H2,20,23,24)/t12-,15-,16-,19-/m1/s1. The third-order valence-electron chi connectivity index (χ3n) is 5.81. The Morgan fingerprint density at radius 1 is 1.10 bits per heavy atom. The van der Waals surface area contributed by atoms with Crippen molar-refractivity contribution in [1.82, 2.24) is 29.5 Å². The summed E-state index contributed by atoms with van der Waals surface area (Å²) in [4.78, 5) is 19.8. The Balaban J connectivity index is 1.47. The lowest BCUT2D eigenvalue weighted by atomic mass is 9.95. The van der Waals surface area contributed by atoms with Gasteiger partial charge in [-0.3, -0.25) is 4.57 Å². The van der Waals surface area contributed by atoms with Gasteiger partial charge in [-0.05, 0) is 36.6 Å². The van der Waals surface area contributed by atoms with Gasteiger partial charge in [-0.15, -0.1) is 0 Å². The van der Waals surface area contributed by atoms with Gasteiger partial charge in [0.25, 0.3) is 0 Å². The van der Waals surface area contributed by atoms with Crippen molar-refractivity contribution < 1.29 is 14.9 Å². The maximum atomic E-state index is 10.7. The maximum Gasteiger partial charge on any atom is 0.167 e. The smallest absolute Gasteiger partial charge is 0.167 e.